The average molecular weight is 210 g/mol. The molecule has 15 heavy (non-hydrogen) atoms. The molecule has 5 nitrogen and oxygen atoms in total. The topological polar surface area (TPSA) is 52.0 Å². The summed E-state index contributed by atoms with van der Waals surface area (Å²) in [5.74, 6) is 0. The first-order valence-corrected chi connectivity index (χ1v) is 5.59. The molecule has 1 aromatic heterocycles. The lowest BCUT2D eigenvalue weighted by Gasteiger charge is -2.22. The number of nitrogens with zero attached hydrogens (tertiary/aromatic N) is 3. The first kappa shape index (κ1) is 10.6. The fourth-order valence-corrected chi connectivity index (χ4v) is 1.84. The predicted octanol–water partition coefficient (Wildman–Crippen LogP) is 0.739. The van der Waals surface area contributed by atoms with Crippen molar-refractivity contribution in [1.29, 1.82) is 0 Å². The van der Waals surface area contributed by atoms with Gasteiger partial charge in [-0.3, -0.25) is 0 Å². The Morgan fingerprint density at radius 2 is 2.33 bits per heavy atom. The highest BCUT2D eigenvalue weighted by molar-refractivity contribution is 4.91. The van der Waals surface area contributed by atoms with Crippen LogP contribution >= 0.6 is 0 Å². The molecule has 5 heteroatoms. The molecule has 0 atom stereocenters. The van der Waals surface area contributed by atoms with Crippen LogP contribution in [-0.2, 0) is 11.3 Å². The van der Waals surface area contributed by atoms with E-state index in [1.165, 1.54) is 0 Å². The summed E-state index contributed by atoms with van der Waals surface area (Å²) in [4.78, 5) is 0. The Labute approximate surface area is 89.8 Å². The van der Waals surface area contributed by atoms with E-state index in [1.54, 1.807) is 0 Å². The van der Waals surface area contributed by atoms with Crippen molar-refractivity contribution in [1.82, 2.24) is 20.3 Å². The molecule has 0 spiro atoms. The van der Waals surface area contributed by atoms with Crippen LogP contribution in [0.3, 0.4) is 0 Å². The summed E-state index contributed by atoms with van der Waals surface area (Å²) >= 11 is 0. The number of aromatic nitrogens is 3. The first-order chi connectivity index (χ1) is 7.40. The van der Waals surface area contributed by atoms with Crippen LogP contribution in [0.25, 0.3) is 0 Å². The van der Waals surface area contributed by atoms with Crippen LogP contribution < -0.4 is 5.32 Å². The summed E-state index contributed by atoms with van der Waals surface area (Å²) in [6, 6.07) is 0.508. The number of nitrogens with one attached hydrogen (secondary N) is 1. The highest BCUT2D eigenvalue weighted by Crippen LogP contribution is 2.17. The van der Waals surface area contributed by atoms with E-state index in [4.69, 9.17) is 4.74 Å². The third kappa shape index (κ3) is 2.76. The van der Waals surface area contributed by atoms with Crippen LogP contribution in [0, 0.1) is 0 Å². The van der Waals surface area contributed by atoms with Crippen LogP contribution in [0.2, 0.25) is 0 Å². The van der Waals surface area contributed by atoms with E-state index in [-0.39, 0.29) is 0 Å². The minimum absolute atomic E-state index is 0.508. The monoisotopic (exact) mass is 210 g/mol. The summed E-state index contributed by atoms with van der Waals surface area (Å²) in [5.41, 5.74) is 0.926. The smallest absolute Gasteiger partial charge is 0.108 e. The average Bonchev–Trinajstić information content (AvgIpc) is 2.76. The Morgan fingerprint density at radius 3 is 3.07 bits per heavy atom. The molecular weight excluding hydrogens is 192 g/mol. The maximum Gasteiger partial charge on any atom is 0.108 e. The third-order valence-electron chi connectivity index (χ3n) is 2.69. The van der Waals surface area contributed by atoms with E-state index < -0.39 is 0 Å². The second kappa shape index (κ2) is 5.23. The van der Waals surface area contributed by atoms with Gasteiger partial charge in [0.05, 0.1) is 18.8 Å². The van der Waals surface area contributed by atoms with E-state index in [9.17, 15) is 0 Å². The SMILES string of the molecule is CCOCc1cn(C2CCNCC2)nn1. The molecular formula is C10H18N4O. The Kier molecular flexibility index (Phi) is 3.69. The quantitative estimate of drug-likeness (QED) is 0.796. The third-order valence-corrected chi connectivity index (χ3v) is 2.69. The van der Waals surface area contributed by atoms with Crippen LogP contribution in [0.15, 0.2) is 6.20 Å². The molecule has 1 N–H and O–H groups in total. The Morgan fingerprint density at radius 1 is 1.53 bits per heavy atom. The van der Waals surface area contributed by atoms with Gasteiger partial charge in [0, 0.05) is 6.61 Å². The zero-order chi connectivity index (χ0) is 10.5. The van der Waals surface area contributed by atoms with Crippen molar-refractivity contribution in [2.24, 2.45) is 0 Å². The normalized spacial score (nSPS) is 18.2. The van der Waals surface area contributed by atoms with Gasteiger partial charge in [0.15, 0.2) is 0 Å². The molecule has 0 aliphatic carbocycles. The number of rotatable bonds is 4. The van der Waals surface area contributed by atoms with E-state index in [0.717, 1.165) is 38.2 Å². The van der Waals surface area contributed by atoms with E-state index in [0.29, 0.717) is 12.6 Å². The molecule has 2 heterocycles. The molecule has 0 saturated carbocycles. The Balaban J connectivity index is 1.93. The van der Waals surface area contributed by atoms with Crippen molar-refractivity contribution in [2.75, 3.05) is 19.7 Å². The Bertz CT molecular complexity index is 293. The van der Waals surface area contributed by atoms with Crippen molar-refractivity contribution < 1.29 is 4.74 Å². The Hall–Kier alpha value is -0.940. The summed E-state index contributed by atoms with van der Waals surface area (Å²) in [6.45, 7) is 5.43. The van der Waals surface area contributed by atoms with Crippen molar-refractivity contribution >= 4 is 0 Å². The van der Waals surface area contributed by atoms with Gasteiger partial charge in [-0.25, -0.2) is 4.68 Å². The number of piperidine rings is 1. The second-order valence-corrected chi connectivity index (χ2v) is 3.81. The van der Waals surface area contributed by atoms with Crippen LogP contribution in [0.1, 0.15) is 31.5 Å². The van der Waals surface area contributed by atoms with Gasteiger partial charge in [0.2, 0.25) is 0 Å². The summed E-state index contributed by atoms with van der Waals surface area (Å²) in [7, 11) is 0. The predicted molar refractivity (Wildman–Crippen MR) is 56.5 cm³/mol. The van der Waals surface area contributed by atoms with Crippen molar-refractivity contribution in [3.8, 4) is 0 Å². The van der Waals surface area contributed by atoms with Crippen LogP contribution in [0.5, 0.6) is 0 Å². The fraction of sp³-hybridized carbons (Fsp3) is 0.800. The highest BCUT2D eigenvalue weighted by Gasteiger charge is 2.16. The second-order valence-electron chi connectivity index (χ2n) is 3.81. The molecule has 0 aromatic carbocycles. The van der Waals surface area contributed by atoms with Crippen molar-refractivity contribution in [2.45, 2.75) is 32.4 Å². The van der Waals surface area contributed by atoms with Crippen LogP contribution in [0.4, 0.5) is 0 Å². The van der Waals surface area contributed by atoms with Gasteiger partial charge in [0.25, 0.3) is 0 Å². The zero-order valence-electron chi connectivity index (χ0n) is 9.15. The number of hydrogen-bond acceptors (Lipinski definition) is 4. The van der Waals surface area contributed by atoms with E-state index >= 15 is 0 Å². The van der Waals surface area contributed by atoms with Crippen molar-refractivity contribution in [3.05, 3.63) is 11.9 Å². The fourth-order valence-electron chi connectivity index (χ4n) is 1.84. The minimum atomic E-state index is 0.508. The molecule has 2 rings (SSSR count). The standard InChI is InChI=1S/C10H18N4O/c1-2-15-8-9-7-14(13-12-9)10-3-5-11-6-4-10/h7,10-11H,2-6,8H2,1H3. The molecule has 0 unspecified atom stereocenters. The largest absolute Gasteiger partial charge is 0.375 e. The maximum absolute atomic E-state index is 5.29. The molecule has 1 fully saturated rings. The summed E-state index contributed by atoms with van der Waals surface area (Å²) in [5, 5.41) is 11.6. The molecule has 84 valence electrons. The van der Waals surface area contributed by atoms with Gasteiger partial charge in [-0.05, 0) is 32.9 Å². The van der Waals surface area contributed by atoms with Gasteiger partial charge < -0.3 is 10.1 Å². The maximum atomic E-state index is 5.29. The van der Waals surface area contributed by atoms with Gasteiger partial charge in [0.1, 0.15) is 5.69 Å². The molecule has 1 aliphatic rings. The van der Waals surface area contributed by atoms with E-state index in [1.807, 2.05) is 17.8 Å². The molecule has 1 aromatic rings. The van der Waals surface area contributed by atoms with Gasteiger partial charge in [-0.1, -0.05) is 5.21 Å². The lowest BCUT2D eigenvalue weighted by molar-refractivity contribution is 0.131. The first-order valence-electron chi connectivity index (χ1n) is 5.59. The van der Waals surface area contributed by atoms with Crippen LogP contribution in [-0.4, -0.2) is 34.7 Å². The number of hydrogen-bond donors (Lipinski definition) is 1. The molecule has 1 aliphatic heterocycles. The van der Waals surface area contributed by atoms with Gasteiger partial charge in [-0.15, -0.1) is 5.10 Å². The lowest BCUT2D eigenvalue weighted by Crippen LogP contribution is -2.29. The molecule has 1 saturated heterocycles. The molecule has 0 radical (unpaired) electrons. The summed E-state index contributed by atoms with van der Waals surface area (Å²) < 4.78 is 7.27. The van der Waals surface area contributed by atoms with E-state index in [2.05, 4.69) is 15.6 Å². The zero-order valence-corrected chi connectivity index (χ0v) is 9.15. The lowest BCUT2D eigenvalue weighted by atomic mass is 10.1. The molecule has 0 amide bonds. The minimum Gasteiger partial charge on any atom is -0.375 e. The van der Waals surface area contributed by atoms with Gasteiger partial charge >= 0.3 is 0 Å². The molecule has 0 bridgehead atoms. The van der Waals surface area contributed by atoms with Gasteiger partial charge in [-0.2, -0.15) is 0 Å². The van der Waals surface area contributed by atoms with Crippen molar-refractivity contribution in [3.63, 3.8) is 0 Å². The number of ether oxygens (including phenoxy) is 1. The summed E-state index contributed by atoms with van der Waals surface area (Å²) in [6.07, 6.45) is 4.28. The highest BCUT2D eigenvalue weighted by atomic mass is 16.5.